The number of carbonyl (C=O) groups excluding carboxylic acids is 1. The van der Waals surface area contributed by atoms with Gasteiger partial charge in [0, 0.05) is 18.6 Å². The number of benzene rings is 1. The number of thiazole rings is 1. The molecule has 1 aromatic carbocycles. The van der Waals surface area contributed by atoms with Crippen LogP contribution in [0.1, 0.15) is 27.7 Å². The van der Waals surface area contributed by atoms with Crippen LogP contribution < -0.4 is 4.80 Å². The summed E-state index contributed by atoms with van der Waals surface area (Å²) in [6, 6.07) is 8.11. The van der Waals surface area contributed by atoms with Crippen LogP contribution in [0, 0.1) is 5.41 Å². The predicted molar refractivity (Wildman–Crippen MR) is 86.3 cm³/mol. The third-order valence-corrected chi connectivity index (χ3v) is 4.15. The summed E-state index contributed by atoms with van der Waals surface area (Å²) >= 11 is 1.55. The molecule has 21 heavy (non-hydrogen) atoms. The smallest absolute Gasteiger partial charge is 0.253 e. The molecule has 1 heterocycles. The number of aromatic nitrogens is 1. The molecule has 0 aliphatic rings. The van der Waals surface area contributed by atoms with Crippen molar-refractivity contribution in [3.63, 3.8) is 0 Å². The minimum Gasteiger partial charge on any atom is -0.380 e. The Morgan fingerprint density at radius 3 is 2.71 bits per heavy atom. The van der Waals surface area contributed by atoms with Crippen molar-refractivity contribution in [2.45, 2.75) is 34.2 Å². The van der Waals surface area contributed by atoms with E-state index in [4.69, 9.17) is 4.74 Å². The lowest BCUT2D eigenvalue weighted by Gasteiger charge is -2.12. The Bertz CT molecular complexity index is 692. The molecule has 0 spiro atoms. The highest BCUT2D eigenvalue weighted by Crippen LogP contribution is 2.18. The maximum absolute atomic E-state index is 12.2. The molecule has 0 radical (unpaired) electrons. The summed E-state index contributed by atoms with van der Waals surface area (Å²) in [5.41, 5.74) is 0.635. The quantitative estimate of drug-likeness (QED) is 0.814. The summed E-state index contributed by atoms with van der Waals surface area (Å²) < 4.78 is 8.64. The Morgan fingerprint density at radius 2 is 2.05 bits per heavy atom. The van der Waals surface area contributed by atoms with E-state index in [0.717, 1.165) is 15.0 Å². The SMILES string of the molecule is CCOCCn1c(=NC(=O)C(C)(C)C)sc2ccccc21. The molecule has 5 heteroatoms. The Morgan fingerprint density at radius 1 is 1.33 bits per heavy atom. The number of fused-ring (bicyclic) bond motifs is 1. The molecule has 1 aromatic heterocycles. The first-order chi connectivity index (χ1) is 9.93. The van der Waals surface area contributed by atoms with Gasteiger partial charge in [0.1, 0.15) is 0 Å². The van der Waals surface area contributed by atoms with Gasteiger partial charge >= 0.3 is 0 Å². The maximum Gasteiger partial charge on any atom is 0.253 e. The first kappa shape index (κ1) is 15.9. The largest absolute Gasteiger partial charge is 0.380 e. The van der Waals surface area contributed by atoms with Gasteiger partial charge in [-0.05, 0) is 19.1 Å². The molecule has 0 unspecified atom stereocenters. The lowest BCUT2D eigenvalue weighted by atomic mass is 9.96. The van der Waals surface area contributed by atoms with Crippen LogP contribution in [0.4, 0.5) is 0 Å². The zero-order chi connectivity index (χ0) is 15.5. The van der Waals surface area contributed by atoms with E-state index in [1.54, 1.807) is 11.3 Å². The minimum absolute atomic E-state index is 0.0979. The summed E-state index contributed by atoms with van der Waals surface area (Å²) in [6.45, 7) is 9.65. The van der Waals surface area contributed by atoms with Crippen LogP contribution >= 0.6 is 11.3 Å². The molecule has 0 aliphatic carbocycles. The molecule has 0 N–H and O–H groups in total. The van der Waals surface area contributed by atoms with Gasteiger partial charge in [0.15, 0.2) is 4.80 Å². The van der Waals surface area contributed by atoms with Crippen LogP contribution in [0.15, 0.2) is 29.3 Å². The predicted octanol–water partition coefficient (Wildman–Crippen LogP) is 3.21. The Balaban J connectivity index is 2.49. The van der Waals surface area contributed by atoms with Crippen molar-refractivity contribution in [2.75, 3.05) is 13.2 Å². The monoisotopic (exact) mass is 306 g/mol. The number of hydrogen-bond donors (Lipinski definition) is 0. The van der Waals surface area contributed by atoms with E-state index in [1.165, 1.54) is 0 Å². The molecule has 2 rings (SSSR count). The molecule has 0 saturated carbocycles. The van der Waals surface area contributed by atoms with Crippen LogP contribution in [-0.4, -0.2) is 23.7 Å². The van der Waals surface area contributed by atoms with E-state index >= 15 is 0 Å². The Labute approximate surface area is 129 Å². The van der Waals surface area contributed by atoms with Crippen molar-refractivity contribution in [3.8, 4) is 0 Å². The molecule has 0 fully saturated rings. The van der Waals surface area contributed by atoms with E-state index < -0.39 is 5.41 Å². The lowest BCUT2D eigenvalue weighted by Crippen LogP contribution is -2.24. The zero-order valence-corrected chi connectivity index (χ0v) is 13.9. The summed E-state index contributed by atoms with van der Waals surface area (Å²) in [7, 11) is 0. The van der Waals surface area contributed by atoms with Crippen molar-refractivity contribution in [1.29, 1.82) is 0 Å². The summed E-state index contributed by atoms with van der Waals surface area (Å²) in [4.78, 5) is 17.3. The average Bonchev–Trinajstić information content (AvgIpc) is 2.76. The third-order valence-electron chi connectivity index (χ3n) is 3.09. The normalized spacial score (nSPS) is 13.0. The molecule has 0 atom stereocenters. The van der Waals surface area contributed by atoms with Crippen molar-refractivity contribution >= 4 is 27.5 Å². The molecular weight excluding hydrogens is 284 g/mol. The van der Waals surface area contributed by atoms with Crippen molar-refractivity contribution in [2.24, 2.45) is 10.4 Å². The van der Waals surface area contributed by atoms with Crippen molar-refractivity contribution in [1.82, 2.24) is 4.57 Å². The number of amides is 1. The van der Waals surface area contributed by atoms with E-state index in [2.05, 4.69) is 21.7 Å². The maximum atomic E-state index is 12.2. The van der Waals surface area contributed by atoms with E-state index in [0.29, 0.717) is 19.8 Å². The highest BCUT2D eigenvalue weighted by Gasteiger charge is 2.21. The number of carbonyl (C=O) groups is 1. The summed E-state index contributed by atoms with van der Waals surface area (Å²) in [5.74, 6) is -0.0979. The number of rotatable bonds is 4. The van der Waals surface area contributed by atoms with Gasteiger partial charge in [-0.2, -0.15) is 4.99 Å². The third kappa shape index (κ3) is 3.80. The molecule has 2 aromatic rings. The topological polar surface area (TPSA) is 43.6 Å². The van der Waals surface area contributed by atoms with Crippen LogP contribution in [-0.2, 0) is 16.1 Å². The van der Waals surface area contributed by atoms with Gasteiger partial charge in [-0.1, -0.05) is 44.2 Å². The van der Waals surface area contributed by atoms with Crippen LogP contribution in [0.5, 0.6) is 0 Å². The summed E-state index contributed by atoms with van der Waals surface area (Å²) in [5, 5.41) is 0. The number of hydrogen-bond acceptors (Lipinski definition) is 3. The molecule has 0 saturated heterocycles. The highest BCUT2D eigenvalue weighted by molar-refractivity contribution is 7.16. The fourth-order valence-electron chi connectivity index (χ4n) is 1.88. The average molecular weight is 306 g/mol. The first-order valence-electron chi connectivity index (χ1n) is 7.18. The number of para-hydroxylation sites is 1. The lowest BCUT2D eigenvalue weighted by molar-refractivity contribution is -0.125. The Kier molecular flexibility index (Phi) is 4.96. The second kappa shape index (κ2) is 6.54. The van der Waals surface area contributed by atoms with E-state index in [-0.39, 0.29) is 5.91 Å². The van der Waals surface area contributed by atoms with Crippen LogP contribution in [0.2, 0.25) is 0 Å². The highest BCUT2D eigenvalue weighted by atomic mass is 32.1. The molecule has 114 valence electrons. The van der Waals surface area contributed by atoms with Crippen molar-refractivity contribution in [3.05, 3.63) is 29.1 Å². The number of ether oxygens (including phenoxy) is 1. The number of nitrogens with zero attached hydrogens (tertiary/aromatic N) is 2. The van der Waals surface area contributed by atoms with Crippen molar-refractivity contribution < 1.29 is 9.53 Å². The fourth-order valence-corrected chi connectivity index (χ4v) is 2.93. The molecule has 0 bridgehead atoms. The molecule has 1 amide bonds. The zero-order valence-electron chi connectivity index (χ0n) is 13.0. The van der Waals surface area contributed by atoms with Gasteiger partial charge < -0.3 is 9.30 Å². The van der Waals surface area contributed by atoms with Crippen LogP contribution in [0.25, 0.3) is 10.2 Å². The van der Waals surface area contributed by atoms with E-state index in [9.17, 15) is 4.79 Å². The second-order valence-electron chi connectivity index (χ2n) is 5.87. The van der Waals surface area contributed by atoms with Gasteiger partial charge in [-0.15, -0.1) is 0 Å². The van der Waals surface area contributed by atoms with Gasteiger partial charge in [-0.25, -0.2) is 0 Å². The van der Waals surface area contributed by atoms with E-state index in [1.807, 2.05) is 39.8 Å². The van der Waals surface area contributed by atoms with Gasteiger partial charge in [0.05, 0.1) is 16.8 Å². The minimum atomic E-state index is -0.464. The van der Waals surface area contributed by atoms with Gasteiger partial charge in [-0.3, -0.25) is 4.79 Å². The molecular formula is C16H22N2O2S. The fraction of sp³-hybridized carbons (Fsp3) is 0.500. The molecule has 4 nitrogen and oxygen atoms in total. The summed E-state index contributed by atoms with van der Waals surface area (Å²) in [6.07, 6.45) is 0. The van der Waals surface area contributed by atoms with Crippen LogP contribution in [0.3, 0.4) is 0 Å². The second-order valence-corrected chi connectivity index (χ2v) is 6.88. The van der Waals surface area contributed by atoms with Gasteiger partial charge in [0.25, 0.3) is 5.91 Å². The standard InChI is InChI=1S/C16H22N2O2S/c1-5-20-11-10-18-12-8-6-7-9-13(12)21-15(18)17-14(19)16(2,3)4/h6-9H,5,10-11H2,1-4H3. The van der Waals surface area contributed by atoms with Gasteiger partial charge in [0.2, 0.25) is 0 Å². The Hall–Kier alpha value is -1.46. The molecule has 0 aliphatic heterocycles. The first-order valence-corrected chi connectivity index (χ1v) is 8.00.